The van der Waals surface area contributed by atoms with Gasteiger partial charge in [0.25, 0.3) is 0 Å². The molecule has 1 aromatic heterocycles. The Morgan fingerprint density at radius 3 is 3.00 bits per heavy atom. The van der Waals surface area contributed by atoms with E-state index in [9.17, 15) is 0 Å². The van der Waals surface area contributed by atoms with Gasteiger partial charge >= 0.3 is 0 Å². The summed E-state index contributed by atoms with van der Waals surface area (Å²) in [6.07, 6.45) is 4.71. The summed E-state index contributed by atoms with van der Waals surface area (Å²) in [6.45, 7) is 2.21. The van der Waals surface area contributed by atoms with E-state index in [-0.39, 0.29) is 5.54 Å². The maximum atomic E-state index is 6.27. The SMILES string of the molecule is NC1(c2nc(C3CCNC3)cs2)CCC1. The van der Waals surface area contributed by atoms with Crippen molar-refractivity contribution in [1.29, 1.82) is 0 Å². The van der Waals surface area contributed by atoms with Crippen LogP contribution in [0.15, 0.2) is 5.38 Å². The number of nitrogens with zero attached hydrogens (tertiary/aromatic N) is 1. The molecule has 1 saturated carbocycles. The van der Waals surface area contributed by atoms with E-state index in [0.717, 1.165) is 30.9 Å². The van der Waals surface area contributed by atoms with E-state index in [2.05, 4.69) is 10.7 Å². The fourth-order valence-electron chi connectivity index (χ4n) is 2.38. The molecule has 3 N–H and O–H groups in total. The third kappa shape index (κ3) is 1.61. The Morgan fingerprint density at radius 2 is 2.40 bits per heavy atom. The van der Waals surface area contributed by atoms with Crippen LogP contribution in [0.4, 0.5) is 0 Å². The summed E-state index contributed by atoms with van der Waals surface area (Å²) in [4.78, 5) is 4.74. The predicted octanol–water partition coefficient (Wildman–Crippen LogP) is 1.56. The highest BCUT2D eigenvalue weighted by molar-refractivity contribution is 7.09. The van der Waals surface area contributed by atoms with Gasteiger partial charge in [-0.15, -0.1) is 11.3 Å². The van der Waals surface area contributed by atoms with Crippen LogP contribution in [0, 0.1) is 0 Å². The number of nitrogens with two attached hydrogens (primary N) is 1. The van der Waals surface area contributed by atoms with Gasteiger partial charge in [0, 0.05) is 17.8 Å². The predicted molar refractivity (Wildman–Crippen MR) is 62.1 cm³/mol. The fourth-order valence-corrected chi connectivity index (χ4v) is 3.46. The lowest BCUT2D eigenvalue weighted by Crippen LogP contribution is -2.43. The van der Waals surface area contributed by atoms with Crippen LogP contribution in [0.25, 0.3) is 0 Å². The van der Waals surface area contributed by atoms with Crippen LogP contribution in [0.5, 0.6) is 0 Å². The van der Waals surface area contributed by atoms with Crippen molar-refractivity contribution in [2.75, 3.05) is 13.1 Å². The Hall–Kier alpha value is -0.450. The van der Waals surface area contributed by atoms with Crippen LogP contribution in [-0.4, -0.2) is 18.1 Å². The van der Waals surface area contributed by atoms with E-state index in [1.807, 2.05) is 0 Å². The van der Waals surface area contributed by atoms with Gasteiger partial charge in [-0.05, 0) is 32.2 Å². The summed E-state index contributed by atoms with van der Waals surface area (Å²) < 4.78 is 0. The second-order valence-electron chi connectivity index (χ2n) is 4.78. The van der Waals surface area contributed by atoms with Crippen LogP contribution in [0.1, 0.15) is 42.3 Å². The molecule has 4 heteroatoms. The molecule has 2 aliphatic rings. The largest absolute Gasteiger partial charge is 0.319 e. The summed E-state index contributed by atoms with van der Waals surface area (Å²) in [7, 11) is 0. The van der Waals surface area contributed by atoms with Crippen molar-refractivity contribution in [2.24, 2.45) is 5.73 Å². The topological polar surface area (TPSA) is 50.9 Å². The van der Waals surface area contributed by atoms with E-state index >= 15 is 0 Å². The molecule has 1 unspecified atom stereocenters. The van der Waals surface area contributed by atoms with Gasteiger partial charge in [0.1, 0.15) is 5.01 Å². The van der Waals surface area contributed by atoms with Gasteiger partial charge in [0.05, 0.1) is 11.2 Å². The molecule has 1 aliphatic heterocycles. The summed E-state index contributed by atoms with van der Waals surface area (Å²) in [6, 6.07) is 0. The highest BCUT2D eigenvalue weighted by Gasteiger charge is 2.37. The van der Waals surface area contributed by atoms with Gasteiger partial charge < -0.3 is 11.1 Å². The molecule has 1 aromatic rings. The highest BCUT2D eigenvalue weighted by atomic mass is 32.1. The minimum atomic E-state index is -0.0745. The Balaban J connectivity index is 1.80. The molecule has 3 rings (SSSR count). The summed E-state index contributed by atoms with van der Waals surface area (Å²) >= 11 is 1.76. The molecule has 1 atom stereocenters. The number of thiazole rings is 1. The molecular formula is C11H17N3S. The average molecular weight is 223 g/mol. The third-order valence-electron chi connectivity index (χ3n) is 3.67. The zero-order valence-electron chi connectivity index (χ0n) is 8.83. The summed E-state index contributed by atoms with van der Waals surface area (Å²) in [5, 5.41) is 6.75. The fraction of sp³-hybridized carbons (Fsp3) is 0.727. The van der Waals surface area contributed by atoms with Crippen LogP contribution in [-0.2, 0) is 5.54 Å². The van der Waals surface area contributed by atoms with Gasteiger partial charge in [-0.3, -0.25) is 0 Å². The van der Waals surface area contributed by atoms with Crippen molar-refractivity contribution in [3.05, 3.63) is 16.1 Å². The molecule has 0 aromatic carbocycles. The third-order valence-corrected chi connectivity index (χ3v) is 4.75. The van der Waals surface area contributed by atoms with Gasteiger partial charge in [0.15, 0.2) is 0 Å². The molecule has 15 heavy (non-hydrogen) atoms. The van der Waals surface area contributed by atoms with E-state index in [4.69, 9.17) is 10.7 Å². The molecule has 2 fully saturated rings. The Labute approximate surface area is 94.1 Å². The molecule has 2 heterocycles. The lowest BCUT2D eigenvalue weighted by Gasteiger charge is -2.35. The minimum absolute atomic E-state index is 0.0745. The van der Waals surface area contributed by atoms with Crippen molar-refractivity contribution in [2.45, 2.75) is 37.1 Å². The van der Waals surface area contributed by atoms with Crippen LogP contribution >= 0.6 is 11.3 Å². The zero-order chi connectivity index (χ0) is 10.3. The van der Waals surface area contributed by atoms with Crippen LogP contribution in [0.2, 0.25) is 0 Å². The van der Waals surface area contributed by atoms with Crippen molar-refractivity contribution in [1.82, 2.24) is 10.3 Å². The number of hydrogen-bond donors (Lipinski definition) is 2. The smallest absolute Gasteiger partial charge is 0.113 e. The number of hydrogen-bond acceptors (Lipinski definition) is 4. The normalized spacial score (nSPS) is 29.0. The first-order valence-electron chi connectivity index (χ1n) is 5.73. The minimum Gasteiger partial charge on any atom is -0.319 e. The second-order valence-corrected chi connectivity index (χ2v) is 5.64. The molecule has 1 aliphatic carbocycles. The standard InChI is InChI=1S/C11H17N3S/c12-11(3-1-4-11)10-14-9(7-15-10)8-2-5-13-6-8/h7-8,13H,1-6,12H2. The molecule has 0 amide bonds. The van der Waals surface area contributed by atoms with E-state index in [1.54, 1.807) is 11.3 Å². The van der Waals surface area contributed by atoms with E-state index in [1.165, 1.54) is 18.5 Å². The van der Waals surface area contributed by atoms with E-state index < -0.39 is 0 Å². The molecule has 3 nitrogen and oxygen atoms in total. The maximum absolute atomic E-state index is 6.27. The van der Waals surface area contributed by atoms with E-state index in [0.29, 0.717) is 5.92 Å². The first-order valence-corrected chi connectivity index (χ1v) is 6.61. The lowest BCUT2D eigenvalue weighted by molar-refractivity contribution is 0.252. The summed E-state index contributed by atoms with van der Waals surface area (Å²) in [5.41, 5.74) is 7.45. The maximum Gasteiger partial charge on any atom is 0.113 e. The average Bonchev–Trinajstić information content (AvgIpc) is 2.84. The Morgan fingerprint density at radius 1 is 1.53 bits per heavy atom. The van der Waals surface area contributed by atoms with Crippen molar-refractivity contribution in [3.8, 4) is 0 Å². The quantitative estimate of drug-likeness (QED) is 0.800. The molecule has 0 radical (unpaired) electrons. The first-order chi connectivity index (χ1) is 7.28. The van der Waals surface area contributed by atoms with Crippen LogP contribution in [0.3, 0.4) is 0 Å². The number of aromatic nitrogens is 1. The van der Waals surface area contributed by atoms with Crippen LogP contribution < -0.4 is 11.1 Å². The van der Waals surface area contributed by atoms with Gasteiger partial charge in [-0.1, -0.05) is 0 Å². The van der Waals surface area contributed by atoms with Gasteiger partial charge in [-0.2, -0.15) is 0 Å². The Bertz CT molecular complexity index is 350. The van der Waals surface area contributed by atoms with Crippen molar-refractivity contribution in [3.63, 3.8) is 0 Å². The van der Waals surface area contributed by atoms with Crippen molar-refractivity contribution < 1.29 is 0 Å². The lowest BCUT2D eigenvalue weighted by atomic mass is 9.78. The Kier molecular flexibility index (Phi) is 2.30. The molecule has 0 bridgehead atoms. The monoisotopic (exact) mass is 223 g/mol. The highest BCUT2D eigenvalue weighted by Crippen LogP contribution is 2.40. The first kappa shape index (κ1) is 9.75. The zero-order valence-corrected chi connectivity index (χ0v) is 9.65. The van der Waals surface area contributed by atoms with Crippen molar-refractivity contribution >= 4 is 11.3 Å². The summed E-state index contributed by atoms with van der Waals surface area (Å²) in [5.74, 6) is 0.624. The molecular weight excluding hydrogens is 206 g/mol. The number of rotatable bonds is 2. The second kappa shape index (κ2) is 3.54. The molecule has 1 saturated heterocycles. The van der Waals surface area contributed by atoms with Gasteiger partial charge in [0.2, 0.25) is 0 Å². The molecule has 82 valence electrons. The van der Waals surface area contributed by atoms with Gasteiger partial charge in [-0.25, -0.2) is 4.98 Å². The molecule has 0 spiro atoms. The number of nitrogens with one attached hydrogen (secondary N) is 1.